The molecule has 12 nitrogen and oxygen atoms in total. The third kappa shape index (κ3) is 7.54. The predicted molar refractivity (Wildman–Crippen MR) is 110 cm³/mol. The molecule has 0 aliphatic carbocycles. The topological polar surface area (TPSA) is 156 Å². The number of amides is 2. The second-order valence-electron chi connectivity index (χ2n) is 7.05. The molecule has 1 aliphatic rings. The average Bonchev–Trinajstić information content (AvgIpc) is 2.75. The summed E-state index contributed by atoms with van der Waals surface area (Å²) in [6.45, 7) is 3.07. The van der Waals surface area contributed by atoms with E-state index in [0.717, 1.165) is 13.8 Å². The van der Waals surface area contributed by atoms with Crippen LogP contribution in [0, 0.1) is 0 Å². The van der Waals surface area contributed by atoms with E-state index in [1.807, 2.05) is 0 Å². The van der Waals surface area contributed by atoms with Gasteiger partial charge < -0.3 is 34.3 Å². The first-order valence-corrected chi connectivity index (χ1v) is 9.95. The van der Waals surface area contributed by atoms with Crippen molar-refractivity contribution in [2.75, 3.05) is 19.0 Å². The molecule has 1 aliphatic heterocycles. The summed E-state index contributed by atoms with van der Waals surface area (Å²) in [6.07, 6.45) is -4.92. The summed E-state index contributed by atoms with van der Waals surface area (Å²) >= 11 is 0. The highest BCUT2D eigenvalue weighted by Gasteiger charge is 2.51. The third-order valence-electron chi connectivity index (χ3n) is 4.47. The Balaban J connectivity index is 2.28. The Hall–Kier alpha value is -3.51. The van der Waals surface area contributed by atoms with Crippen LogP contribution >= 0.6 is 0 Å². The Labute approximate surface area is 189 Å². The van der Waals surface area contributed by atoms with Crippen LogP contribution in [0.2, 0.25) is 0 Å². The van der Waals surface area contributed by atoms with E-state index in [4.69, 9.17) is 23.7 Å². The Kier molecular flexibility index (Phi) is 9.30. The van der Waals surface area contributed by atoms with E-state index in [0.29, 0.717) is 5.69 Å². The lowest BCUT2D eigenvalue weighted by Gasteiger charge is -2.44. The quantitative estimate of drug-likeness (QED) is 0.316. The fraction of sp³-hybridized carbons (Fsp3) is 0.476. The predicted octanol–water partition coefficient (Wildman–Crippen LogP) is -0.0923. The van der Waals surface area contributed by atoms with E-state index in [-0.39, 0.29) is 6.61 Å². The summed E-state index contributed by atoms with van der Waals surface area (Å²) < 4.78 is 26.5. The number of carbonyl (C=O) groups excluding carboxylic acids is 5. The molecule has 1 fully saturated rings. The number of benzene rings is 1. The molecule has 0 unspecified atom stereocenters. The van der Waals surface area contributed by atoms with Crippen LogP contribution < -0.4 is 10.6 Å². The summed E-state index contributed by atoms with van der Waals surface area (Å²) in [6, 6.07) is 7.02. The Morgan fingerprint density at radius 3 is 2.03 bits per heavy atom. The first-order chi connectivity index (χ1) is 15.6. The first kappa shape index (κ1) is 25.7. The van der Waals surface area contributed by atoms with E-state index in [1.54, 1.807) is 30.3 Å². The maximum Gasteiger partial charge on any atom is 0.313 e. The Morgan fingerprint density at radius 2 is 1.48 bits per heavy atom. The molecule has 0 bridgehead atoms. The van der Waals surface area contributed by atoms with Crippen LogP contribution in [-0.4, -0.2) is 74.1 Å². The smallest absolute Gasteiger partial charge is 0.313 e. The van der Waals surface area contributed by atoms with Gasteiger partial charge in [-0.05, 0) is 12.1 Å². The van der Waals surface area contributed by atoms with Crippen LogP contribution in [0.5, 0.6) is 0 Å². The molecule has 0 saturated carbocycles. The van der Waals surface area contributed by atoms with Crippen molar-refractivity contribution in [1.82, 2.24) is 5.32 Å². The number of hydrogen-bond donors (Lipinski definition) is 2. The number of esters is 3. The largest absolute Gasteiger partial charge is 0.463 e. The summed E-state index contributed by atoms with van der Waals surface area (Å²) in [5.74, 6) is -4.19. The minimum atomic E-state index is -1.32. The van der Waals surface area contributed by atoms with Gasteiger partial charge in [0, 0.05) is 33.6 Å². The van der Waals surface area contributed by atoms with Crippen molar-refractivity contribution in [3.05, 3.63) is 30.3 Å². The van der Waals surface area contributed by atoms with E-state index in [9.17, 15) is 24.0 Å². The molecule has 33 heavy (non-hydrogen) atoms. The fourth-order valence-corrected chi connectivity index (χ4v) is 3.18. The summed E-state index contributed by atoms with van der Waals surface area (Å²) in [5.41, 5.74) is 0.386. The van der Waals surface area contributed by atoms with Gasteiger partial charge in [0.25, 0.3) is 0 Å². The zero-order valence-corrected chi connectivity index (χ0v) is 18.6. The van der Waals surface area contributed by atoms with Crippen molar-refractivity contribution in [3.8, 4) is 0 Å². The van der Waals surface area contributed by atoms with Crippen molar-refractivity contribution in [1.29, 1.82) is 0 Å². The zero-order valence-electron chi connectivity index (χ0n) is 18.6. The lowest BCUT2D eigenvalue weighted by Crippen LogP contribution is -2.67. The molecule has 1 aromatic rings. The molecule has 1 heterocycles. The van der Waals surface area contributed by atoms with E-state index in [1.165, 1.54) is 14.0 Å². The van der Waals surface area contributed by atoms with Crippen molar-refractivity contribution in [3.63, 3.8) is 0 Å². The van der Waals surface area contributed by atoms with Crippen LogP contribution in [0.3, 0.4) is 0 Å². The normalized spacial score (nSPS) is 24.2. The molecule has 0 spiro atoms. The molecule has 5 atom stereocenters. The van der Waals surface area contributed by atoms with Gasteiger partial charge in [0.2, 0.25) is 0 Å². The second-order valence-corrected chi connectivity index (χ2v) is 7.05. The van der Waals surface area contributed by atoms with Gasteiger partial charge in [0.05, 0.1) is 0 Å². The highest BCUT2D eigenvalue weighted by Crippen LogP contribution is 2.27. The van der Waals surface area contributed by atoms with Crippen molar-refractivity contribution in [2.45, 2.75) is 51.4 Å². The number of para-hydroxylation sites is 1. The van der Waals surface area contributed by atoms with Gasteiger partial charge in [-0.25, -0.2) is 0 Å². The molecule has 2 N–H and O–H groups in total. The molecule has 2 rings (SSSR count). The molecular formula is C21H26N2O10. The van der Waals surface area contributed by atoms with Crippen LogP contribution in [0.4, 0.5) is 5.69 Å². The van der Waals surface area contributed by atoms with Gasteiger partial charge >= 0.3 is 29.7 Å². The SMILES string of the molecule is CO[C@H]1O[C@H](COC(C)=O)[C@@H](OC(C)=O)[C@H](OC(C)=O)[C@H]1NC(=O)C(=O)Nc1ccccc1. The molecule has 1 aromatic carbocycles. The molecule has 1 saturated heterocycles. The lowest BCUT2D eigenvalue weighted by molar-refractivity contribution is -0.271. The lowest BCUT2D eigenvalue weighted by atomic mass is 9.96. The van der Waals surface area contributed by atoms with Gasteiger partial charge in [0.1, 0.15) is 18.8 Å². The summed E-state index contributed by atoms with van der Waals surface area (Å²) in [7, 11) is 1.26. The van der Waals surface area contributed by atoms with Gasteiger partial charge in [-0.1, -0.05) is 18.2 Å². The molecule has 0 radical (unpaired) electrons. The summed E-state index contributed by atoms with van der Waals surface area (Å²) in [4.78, 5) is 59.7. The Morgan fingerprint density at radius 1 is 0.879 bits per heavy atom. The fourth-order valence-electron chi connectivity index (χ4n) is 3.18. The maximum absolute atomic E-state index is 12.6. The van der Waals surface area contributed by atoms with E-state index < -0.39 is 60.4 Å². The van der Waals surface area contributed by atoms with E-state index >= 15 is 0 Å². The van der Waals surface area contributed by atoms with Crippen LogP contribution in [0.25, 0.3) is 0 Å². The number of nitrogens with one attached hydrogen (secondary N) is 2. The summed E-state index contributed by atoms with van der Waals surface area (Å²) in [5, 5.41) is 4.83. The minimum absolute atomic E-state index is 0.347. The van der Waals surface area contributed by atoms with E-state index in [2.05, 4.69) is 10.6 Å². The number of rotatable bonds is 7. The molecule has 0 aromatic heterocycles. The van der Waals surface area contributed by atoms with Crippen molar-refractivity contribution in [2.24, 2.45) is 0 Å². The maximum atomic E-state index is 12.6. The van der Waals surface area contributed by atoms with Gasteiger partial charge in [-0.3, -0.25) is 24.0 Å². The standard InChI is InChI=1S/C21H26N2O10/c1-11(24)30-10-15-17(31-12(2)25)18(32-13(3)26)16(21(29-4)33-15)23-20(28)19(27)22-14-8-6-5-7-9-14/h5-9,15-18,21H,10H2,1-4H3,(H,22,27)(H,23,28)/t15-,16-,17-,18-,21+/m1/s1. The third-order valence-corrected chi connectivity index (χ3v) is 4.47. The number of ether oxygens (including phenoxy) is 5. The molecule has 12 heteroatoms. The first-order valence-electron chi connectivity index (χ1n) is 9.95. The average molecular weight is 466 g/mol. The second kappa shape index (κ2) is 11.9. The number of hydrogen-bond acceptors (Lipinski definition) is 10. The Bertz CT molecular complexity index is 875. The molecule has 180 valence electrons. The van der Waals surface area contributed by atoms with Crippen LogP contribution in [0.15, 0.2) is 30.3 Å². The van der Waals surface area contributed by atoms with Gasteiger partial charge in [-0.2, -0.15) is 0 Å². The van der Waals surface area contributed by atoms with Crippen LogP contribution in [0.1, 0.15) is 20.8 Å². The van der Waals surface area contributed by atoms with Gasteiger partial charge in [0.15, 0.2) is 18.5 Å². The zero-order chi connectivity index (χ0) is 24.5. The van der Waals surface area contributed by atoms with Gasteiger partial charge in [-0.15, -0.1) is 0 Å². The minimum Gasteiger partial charge on any atom is -0.463 e. The number of anilines is 1. The monoisotopic (exact) mass is 466 g/mol. The molecule has 2 amide bonds. The molecular weight excluding hydrogens is 440 g/mol. The van der Waals surface area contributed by atoms with Crippen LogP contribution in [-0.2, 0) is 47.7 Å². The van der Waals surface area contributed by atoms with Crippen molar-refractivity contribution >= 4 is 35.4 Å². The van der Waals surface area contributed by atoms with Crippen molar-refractivity contribution < 1.29 is 47.7 Å². The highest BCUT2D eigenvalue weighted by atomic mass is 16.7. The number of carbonyl (C=O) groups is 5. The highest BCUT2D eigenvalue weighted by molar-refractivity contribution is 6.39. The number of methoxy groups -OCH3 is 1.